The number of hydrogen-bond donors (Lipinski definition) is 1. The summed E-state index contributed by atoms with van der Waals surface area (Å²) >= 11 is 0. The summed E-state index contributed by atoms with van der Waals surface area (Å²) in [5.74, 6) is 0. The van der Waals surface area contributed by atoms with Crippen LogP contribution in [0, 0.1) is 5.41 Å². The summed E-state index contributed by atoms with van der Waals surface area (Å²) in [7, 11) is -3.93. The topological polar surface area (TPSA) is 102 Å². The molecule has 0 amide bonds. The molecule has 0 aromatic heterocycles. The van der Waals surface area contributed by atoms with Crippen LogP contribution in [0.2, 0.25) is 0 Å². The van der Waals surface area contributed by atoms with Gasteiger partial charge in [0.05, 0.1) is 72.7 Å². The van der Waals surface area contributed by atoms with Crippen LogP contribution >= 0.6 is 7.82 Å². The van der Waals surface area contributed by atoms with Crippen molar-refractivity contribution in [1.82, 2.24) is 0 Å². The van der Waals surface area contributed by atoms with Gasteiger partial charge in [-0.3, -0.25) is 9.05 Å². The van der Waals surface area contributed by atoms with Crippen molar-refractivity contribution in [2.45, 2.75) is 34.1 Å². The van der Waals surface area contributed by atoms with Crippen LogP contribution < -0.4 is 0 Å². The van der Waals surface area contributed by atoms with Crippen molar-refractivity contribution in [1.29, 1.82) is 0 Å². The second-order valence-electron chi connectivity index (χ2n) is 7.09. The lowest BCUT2D eigenvalue weighted by molar-refractivity contribution is -0.0146. The third-order valence-corrected chi connectivity index (χ3v) is 4.35. The third kappa shape index (κ3) is 22.2. The molecule has 0 spiro atoms. The van der Waals surface area contributed by atoms with E-state index in [0.29, 0.717) is 58.3 Å². The van der Waals surface area contributed by atoms with Gasteiger partial charge in [0.1, 0.15) is 0 Å². The average Bonchev–Trinajstić information content (AvgIpc) is 2.59. The molecule has 0 radical (unpaired) electrons. The Bertz CT molecular complexity index is 388. The third-order valence-electron chi connectivity index (χ3n) is 3.26. The van der Waals surface area contributed by atoms with E-state index in [1.807, 2.05) is 0 Å². The normalized spacial score (nSPS) is 14.3. The molecule has 0 aliphatic heterocycles. The standard InChI is InChI=1S/C18H39O9P/c1-5-26-28(19,20)27-17-16-25-15-14-24-13-12-23-11-10-22-9-8-21-7-6-18(2,3)4/h5-17H2,1-4H3,(H,19,20). The van der Waals surface area contributed by atoms with Crippen molar-refractivity contribution in [3.8, 4) is 0 Å². The predicted octanol–water partition coefficient (Wildman–Crippen LogP) is 2.66. The maximum atomic E-state index is 11.2. The van der Waals surface area contributed by atoms with Gasteiger partial charge in [0, 0.05) is 6.61 Å². The van der Waals surface area contributed by atoms with Crippen LogP contribution in [0.5, 0.6) is 0 Å². The van der Waals surface area contributed by atoms with Gasteiger partial charge >= 0.3 is 7.82 Å². The van der Waals surface area contributed by atoms with Gasteiger partial charge in [-0.15, -0.1) is 0 Å². The molecule has 1 unspecified atom stereocenters. The quantitative estimate of drug-likeness (QED) is 0.231. The Balaban J connectivity index is 3.15. The highest BCUT2D eigenvalue weighted by atomic mass is 31.2. The van der Waals surface area contributed by atoms with E-state index in [9.17, 15) is 4.57 Å². The SMILES string of the molecule is CCOP(=O)(O)OCCOCCOCCOCCOCCOCCC(C)(C)C. The van der Waals surface area contributed by atoms with Gasteiger partial charge < -0.3 is 28.6 Å². The number of rotatable bonds is 20. The fraction of sp³-hybridized carbons (Fsp3) is 1.00. The molecule has 10 heteroatoms. The smallest absolute Gasteiger partial charge is 0.379 e. The van der Waals surface area contributed by atoms with Crippen LogP contribution in [0.1, 0.15) is 34.1 Å². The summed E-state index contributed by atoms with van der Waals surface area (Å²) in [4.78, 5) is 9.17. The zero-order valence-corrected chi connectivity index (χ0v) is 18.7. The average molecular weight is 430 g/mol. The lowest BCUT2D eigenvalue weighted by Crippen LogP contribution is -2.15. The summed E-state index contributed by atoms with van der Waals surface area (Å²) in [6.07, 6.45) is 1.04. The van der Waals surface area contributed by atoms with Crippen molar-refractivity contribution >= 4 is 7.82 Å². The van der Waals surface area contributed by atoms with E-state index in [1.165, 1.54) is 0 Å². The Kier molecular flexibility index (Phi) is 17.7. The van der Waals surface area contributed by atoms with E-state index in [2.05, 4.69) is 29.8 Å². The molecule has 0 saturated carbocycles. The van der Waals surface area contributed by atoms with Gasteiger partial charge in [-0.2, -0.15) is 0 Å². The first kappa shape index (κ1) is 27.9. The maximum Gasteiger partial charge on any atom is 0.472 e. The van der Waals surface area contributed by atoms with Crippen molar-refractivity contribution in [2.24, 2.45) is 5.41 Å². The van der Waals surface area contributed by atoms with Crippen molar-refractivity contribution < 1.29 is 42.2 Å². The number of phosphoric acid groups is 1. The molecule has 1 atom stereocenters. The van der Waals surface area contributed by atoms with Gasteiger partial charge in [0.25, 0.3) is 0 Å². The van der Waals surface area contributed by atoms with Crippen LogP contribution in [0.4, 0.5) is 0 Å². The van der Waals surface area contributed by atoms with Crippen LogP contribution in [0.25, 0.3) is 0 Å². The van der Waals surface area contributed by atoms with Gasteiger partial charge in [0.15, 0.2) is 0 Å². The highest BCUT2D eigenvalue weighted by molar-refractivity contribution is 7.47. The molecule has 1 N–H and O–H groups in total. The Hall–Kier alpha value is -0.0900. The van der Waals surface area contributed by atoms with Crippen LogP contribution in [-0.2, 0) is 37.3 Å². The molecule has 170 valence electrons. The Labute approximate surface area is 169 Å². The predicted molar refractivity (Wildman–Crippen MR) is 106 cm³/mol. The Morgan fingerprint density at radius 2 is 1.00 bits per heavy atom. The maximum absolute atomic E-state index is 11.2. The molecule has 0 aromatic carbocycles. The lowest BCUT2D eigenvalue weighted by atomic mass is 9.93. The van der Waals surface area contributed by atoms with Crippen LogP contribution in [-0.4, -0.2) is 84.2 Å². The molecule has 0 aliphatic rings. The minimum absolute atomic E-state index is 0.0154. The molecular formula is C18H39O9P. The van der Waals surface area contributed by atoms with Crippen molar-refractivity contribution in [2.75, 3.05) is 79.3 Å². The number of ether oxygens (including phenoxy) is 5. The summed E-state index contributed by atoms with van der Waals surface area (Å²) in [5, 5.41) is 0. The first-order valence-corrected chi connectivity index (χ1v) is 11.3. The second kappa shape index (κ2) is 17.7. The molecule has 0 heterocycles. The van der Waals surface area contributed by atoms with E-state index in [0.717, 1.165) is 13.0 Å². The zero-order chi connectivity index (χ0) is 21.1. The van der Waals surface area contributed by atoms with Crippen molar-refractivity contribution in [3.63, 3.8) is 0 Å². The Morgan fingerprint density at radius 3 is 1.36 bits per heavy atom. The van der Waals surface area contributed by atoms with Gasteiger partial charge in [-0.05, 0) is 18.8 Å². The van der Waals surface area contributed by atoms with Crippen LogP contribution in [0.15, 0.2) is 0 Å². The fourth-order valence-electron chi connectivity index (χ4n) is 1.77. The summed E-state index contributed by atoms with van der Waals surface area (Å²) in [5.41, 5.74) is 0.298. The molecule has 9 nitrogen and oxygen atoms in total. The van der Waals surface area contributed by atoms with E-state index in [-0.39, 0.29) is 19.8 Å². The molecule has 28 heavy (non-hydrogen) atoms. The molecule has 0 saturated heterocycles. The van der Waals surface area contributed by atoms with Gasteiger partial charge in [-0.1, -0.05) is 20.8 Å². The largest absolute Gasteiger partial charge is 0.472 e. The first-order chi connectivity index (χ1) is 13.3. The second-order valence-corrected chi connectivity index (χ2v) is 8.55. The molecule has 0 fully saturated rings. The molecule has 0 aliphatic carbocycles. The summed E-state index contributed by atoms with van der Waals surface area (Å²) in [6, 6.07) is 0. The highest BCUT2D eigenvalue weighted by Crippen LogP contribution is 2.42. The lowest BCUT2D eigenvalue weighted by Gasteiger charge is -2.17. The minimum Gasteiger partial charge on any atom is -0.379 e. The number of hydrogen-bond acceptors (Lipinski definition) is 8. The van der Waals surface area contributed by atoms with Crippen LogP contribution in [0.3, 0.4) is 0 Å². The summed E-state index contributed by atoms with van der Waals surface area (Å²) in [6.45, 7) is 13.2. The number of phosphoric ester groups is 1. The summed E-state index contributed by atoms with van der Waals surface area (Å²) < 4.78 is 47.3. The molecule has 0 bridgehead atoms. The van der Waals surface area contributed by atoms with Crippen molar-refractivity contribution in [3.05, 3.63) is 0 Å². The molecule has 0 rings (SSSR count). The highest BCUT2D eigenvalue weighted by Gasteiger charge is 2.19. The minimum atomic E-state index is -3.93. The Morgan fingerprint density at radius 1 is 0.643 bits per heavy atom. The molecule has 0 aromatic rings. The zero-order valence-electron chi connectivity index (χ0n) is 17.9. The molecular weight excluding hydrogens is 391 g/mol. The van der Waals surface area contributed by atoms with Gasteiger partial charge in [-0.25, -0.2) is 4.57 Å². The van der Waals surface area contributed by atoms with E-state index < -0.39 is 7.82 Å². The monoisotopic (exact) mass is 430 g/mol. The van der Waals surface area contributed by atoms with E-state index in [1.54, 1.807) is 6.92 Å². The fourth-order valence-corrected chi connectivity index (χ4v) is 2.48. The van der Waals surface area contributed by atoms with E-state index in [4.69, 9.17) is 28.6 Å². The van der Waals surface area contributed by atoms with E-state index >= 15 is 0 Å². The van der Waals surface area contributed by atoms with Gasteiger partial charge in [0.2, 0.25) is 0 Å². The first-order valence-electron chi connectivity index (χ1n) is 9.77.